The highest BCUT2D eigenvalue weighted by Gasteiger charge is 2.48. The van der Waals surface area contributed by atoms with Gasteiger partial charge >= 0.3 is 11.9 Å². The minimum absolute atomic E-state index is 0.0338. The number of amides is 2. The number of imide groups is 1. The number of esters is 2. The Kier molecular flexibility index (Phi) is 6.47. The Hall–Kier alpha value is -2.74. The molecule has 1 saturated heterocycles. The number of ether oxygens (including phenoxy) is 2. The fourth-order valence-electron chi connectivity index (χ4n) is 5.00. The number of rotatable bonds is 6. The fourth-order valence-corrected chi connectivity index (χ4v) is 5.00. The van der Waals surface area contributed by atoms with Crippen LogP contribution in [0.25, 0.3) is 0 Å². The number of nitrogens with zero attached hydrogens (tertiary/aromatic N) is 1. The van der Waals surface area contributed by atoms with Crippen LogP contribution in [0.5, 0.6) is 0 Å². The van der Waals surface area contributed by atoms with E-state index in [1.807, 2.05) is 27.7 Å². The van der Waals surface area contributed by atoms with Crippen molar-refractivity contribution in [2.45, 2.75) is 84.0 Å². The molecule has 174 valence electrons. The minimum Gasteiger partial charge on any atom is -0.466 e. The van der Waals surface area contributed by atoms with Crippen LogP contribution in [0.2, 0.25) is 0 Å². The molecule has 32 heavy (non-hydrogen) atoms. The molecule has 3 rings (SSSR count). The van der Waals surface area contributed by atoms with Crippen LogP contribution in [0.3, 0.4) is 0 Å². The molecule has 1 atom stereocenters. The van der Waals surface area contributed by atoms with Crippen molar-refractivity contribution in [2.75, 3.05) is 6.61 Å². The van der Waals surface area contributed by atoms with E-state index in [2.05, 4.69) is 5.32 Å². The lowest BCUT2D eigenvalue weighted by molar-refractivity contribution is -0.145. The summed E-state index contributed by atoms with van der Waals surface area (Å²) in [5.41, 5.74) is -0.207. The lowest BCUT2D eigenvalue weighted by atomic mass is 9.79. The van der Waals surface area contributed by atoms with E-state index in [0.29, 0.717) is 12.8 Å². The Bertz CT molecular complexity index is 936. The van der Waals surface area contributed by atoms with E-state index in [1.54, 1.807) is 26.0 Å². The van der Waals surface area contributed by atoms with Crippen molar-refractivity contribution < 1.29 is 28.7 Å². The van der Waals surface area contributed by atoms with Crippen molar-refractivity contribution in [3.8, 4) is 0 Å². The molecule has 0 bridgehead atoms. The van der Waals surface area contributed by atoms with Crippen molar-refractivity contribution in [2.24, 2.45) is 0 Å². The van der Waals surface area contributed by atoms with Gasteiger partial charge in [0.1, 0.15) is 6.10 Å². The average Bonchev–Trinajstić information content (AvgIpc) is 2.90. The third-order valence-electron chi connectivity index (χ3n) is 5.77. The van der Waals surface area contributed by atoms with E-state index in [0.717, 1.165) is 0 Å². The summed E-state index contributed by atoms with van der Waals surface area (Å²) in [5, 5.41) is 3.55. The maximum absolute atomic E-state index is 13.4. The molecule has 1 unspecified atom stereocenters. The number of hydrogen-bond acceptors (Lipinski definition) is 7. The van der Waals surface area contributed by atoms with Crippen LogP contribution < -0.4 is 5.32 Å². The minimum atomic E-state index is -0.743. The van der Waals surface area contributed by atoms with E-state index >= 15 is 0 Å². The topological polar surface area (TPSA) is 102 Å². The van der Waals surface area contributed by atoms with Crippen LogP contribution in [0, 0.1) is 0 Å². The summed E-state index contributed by atoms with van der Waals surface area (Å²) in [5.74, 6) is -2.08. The highest BCUT2D eigenvalue weighted by molar-refractivity contribution is 6.24. The van der Waals surface area contributed by atoms with Crippen LogP contribution in [-0.2, 0) is 14.3 Å². The molecular weight excluding hydrogens is 412 g/mol. The van der Waals surface area contributed by atoms with Crippen LogP contribution in [0.15, 0.2) is 18.2 Å². The number of carbonyl (C=O) groups is 4. The van der Waals surface area contributed by atoms with Crippen molar-refractivity contribution in [3.05, 3.63) is 34.9 Å². The van der Waals surface area contributed by atoms with Gasteiger partial charge in [0.2, 0.25) is 0 Å². The van der Waals surface area contributed by atoms with Gasteiger partial charge in [0, 0.05) is 17.1 Å². The number of carbonyl (C=O) groups excluding carboxylic acids is 4. The first-order valence-electron chi connectivity index (χ1n) is 11.0. The SMILES string of the molecule is CCOC(=O)CC(C)OC(=O)c1cccc2c1C(=O)N(C1CC(C)(C)NC(C)(C)C1)C2=O. The smallest absolute Gasteiger partial charge is 0.339 e. The Balaban J connectivity index is 1.85. The molecule has 1 aromatic carbocycles. The number of nitrogens with one attached hydrogen (secondary N) is 1. The summed E-state index contributed by atoms with van der Waals surface area (Å²) in [6.07, 6.45) is 0.398. The first-order valence-corrected chi connectivity index (χ1v) is 11.0. The molecule has 8 nitrogen and oxygen atoms in total. The van der Waals surface area contributed by atoms with Gasteiger partial charge in [-0.25, -0.2) is 4.79 Å². The van der Waals surface area contributed by atoms with Crippen molar-refractivity contribution >= 4 is 23.8 Å². The molecule has 0 aromatic heterocycles. The lowest BCUT2D eigenvalue weighted by Gasteiger charge is -2.48. The third-order valence-corrected chi connectivity index (χ3v) is 5.77. The van der Waals surface area contributed by atoms with Crippen molar-refractivity contribution in [1.29, 1.82) is 0 Å². The predicted octanol–water partition coefficient (Wildman–Crippen LogP) is 3.09. The average molecular weight is 445 g/mol. The molecule has 0 saturated carbocycles. The molecule has 2 aliphatic rings. The molecule has 0 radical (unpaired) electrons. The second-order valence-electron chi connectivity index (χ2n) is 9.89. The lowest BCUT2D eigenvalue weighted by Crippen LogP contribution is -2.62. The summed E-state index contributed by atoms with van der Waals surface area (Å²) < 4.78 is 10.3. The molecule has 1 aromatic rings. The molecule has 1 fully saturated rings. The Morgan fingerprint density at radius 2 is 1.75 bits per heavy atom. The molecule has 2 amide bonds. The van der Waals surface area contributed by atoms with Crippen molar-refractivity contribution in [1.82, 2.24) is 10.2 Å². The van der Waals surface area contributed by atoms with Crippen LogP contribution in [-0.4, -0.2) is 58.5 Å². The zero-order valence-electron chi connectivity index (χ0n) is 19.6. The second-order valence-corrected chi connectivity index (χ2v) is 9.89. The van der Waals surface area contributed by atoms with Gasteiger partial charge < -0.3 is 14.8 Å². The normalized spacial score (nSPS) is 20.6. The van der Waals surface area contributed by atoms with E-state index in [4.69, 9.17) is 9.47 Å². The molecular formula is C24H32N2O6. The van der Waals surface area contributed by atoms with Gasteiger partial charge in [-0.2, -0.15) is 0 Å². The summed E-state index contributed by atoms with van der Waals surface area (Å²) in [7, 11) is 0. The van der Waals surface area contributed by atoms with Gasteiger partial charge in [-0.15, -0.1) is 0 Å². The van der Waals surface area contributed by atoms with Gasteiger partial charge in [0.25, 0.3) is 11.8 Å². The maximum atomic E-state index is 13.4. The van der Waals surface area contributed by atoms with Gasteiger partial charge in [0.15, 0.2) is 0 Å². The monoisotopic (exact) mass is 444 g/mol. The van der Waals surface area contributed by atoms with E-state index in [-0.39, 0.29) is 46.8 Å². The van der Waals surface area contributed by atoms with Crippen LogP contribution in [0.4, 0.5) is 0 Å². The second kappa shape index (κ2) is 8.65. The van der Waals surface area contributed by atoms with Crippen molar-refractivity contribution in [3.63, 3.8) is 0 Å². The van der Waals surface area contributed by atoms with E-state index in [1.165, 1.54) is 11.0 Å². The number of benzene rings is 1. The van der Waals surface area contributed by atoms with Gasteiger partial charge in [-0.3, -0.25) is 19.3 Å². The summed E-state index contributed by atoms with van der Waals surface area (Å²) in [6, 6.07) is 4.31. The van der Waals surface area contributed by atoms with E-state index < -0.39 is 29.9 Å². The summed E-state index contributed by atoms with van der Waals surface area (Å²) in [4.78, 5) is 52.4. The zero-order chi connectivity index (χ0) is 23.8. The quantitative estimate of drug-likeness (QED) is 0.531. The highest BCUT2D eigenvalue weighted by Crippen LogP contribution is 2.36. The fraction of sp³-hybridized carbons (Fsp3) is 0.583. The molecule has 2 heterocycles. The molecule has 2 aliphatic heterocycles. The van der Waals surface area contributed by atoms with Gasteiger partial charge in [0.05, 0.1) is 29.7 Å². The number of hydrogen-bond donors (Lipinski definition) is 1. The largest absolute Gasteiger partial charge is 0.466 e. The molecule has 8 heteroatoms. The van der Waals surface area contributed by atoms with E-state index in [9.17, 15) is 19.2 Å². The number of piperidine rings is 1. The van der Waals surface area contributed by atoms with Crippen LogP contribution in [0.1, 0.15) is 91.9 Å². The summed E-state index contributed by atoms with van der Waals surface area (Å²) >= 11 is 0. The number of fused-ring (bicyclic) bond motifs is 1. The Labute approximate surface area is 188 Å². The first kappa shape index (κ1) is 23.9. The first-order chi connectivity index (χ1) is 14.8. The maximum Gasteiger partial charge on any atom is 0.339 e. The predicted molar refractivity (Wildman–Crippen MR) is 117 cm³/mol. The zero-order valence-corrected chi connectivity index (χ0v) is 19.6. The Morgan fingerprint density at radius 1 is 1.12 bits per heavy atom. The van der Waals surface area contributed by atoms with Crippen LogP contribution >= 0.6 is 0 Å². The van der Waals surface area contributed by atoms with Gasteiger partial charge in [-0.05, 0) is 66.5 Å². The standard InChI is InChI=1S/C24H32N2O6/c1-7-31-18(27)11-14(2)32-22(30)17-10-8-9-16-19(17)21(29)26(20(16)28)15-12-23(3,4)25-24(5,6)13-15/h8-10,14-15,25H,7,11-13H2,1-6H3. The van der Waals surface area contributed by atoms with Gasteiger partial charge in [-0.1, -0.05) is 6.07 Å². The molecule has 0 aliphatic carbocycles. The summed E-state index contributed by atoms with van der Waals surface area (Å²) in [6.45, 7) is 11.7. The molecule has 0 spiro atoms. The Morgan fingerprint density at radius 3 is 2.34 bits per heavy atom. The molecule has 1 N–H and O–H groups in total. The third kappa shape index (κ3) is 4.85. The highest BCUT2D eigenvalue weighted by atomic mass is 16.6.